The minimum absolute atomic E-state index is 0.00692. The second-order valence-corrected chi connectivity index (χ2v) is 6.03. The van der Waals surface area contributed by atoms with E-state index in [4.69, 9.17) is 10.5 Å². The summed E-state index contributed by atoms with van der Waals surface area (Å²) in [5.41, 5.74) is 4.74. The molecule has 128 valence electrons. The Kier molecular flexibility index (Phi) is 5.82. The summed E-state index contributed by atoms with van der Waals surface area (Å²) in [6.07, 6.45) is -4.95. The number of benzene rings is 1. The Labute approximate surface area is 133 Å². The fourth-order valence-corrected chi connectivity index (χ4v) is 1.85. The monoisotopic (exact) mass is 330 g/mol. The van der Waals surface area contributed by atoms with Gasteiger partial charge in [-0.1, -0.05) is 12.6 Å². The number of halogens is 3. The van der Waals surface area contributed by atoms with Crippen LogP contribution in [0.1, 0.15) is 38.3 Å². The number of nitrogens with one attached hydrogen (secondary N) is 1. The van der Waals surface area contributed by atoms with Gasteiger partial charge in [-0.15, -0.1) is 0 Å². The fraction of sp³-hybridized carbons (Fsp3) is 0.438. The predicted octanol–water partition coefficient (Wildman–Crippen LogP) is 4.41. The Morgan fingerprint density at radius 2 is 1.91 bits per heavy atom. The molecule has 0 saturated carbocycles. The van der Waals surface area contributed by atoms with E-state index in [2.05, 4.69) is 11.9 Å². The van der Waals surface area contributed by atoms with Crippen LogP contribution in [0.25, 0.3) is 5.57 Å². The van der Waals surface area contributed by atoms with Crippen molar-refractivity contribution in [3.8, 4) is 0 Å². The number of nitrogens with two attached hydrogens (primary N) is 1. The van der Waals surface area contributed by atoms with Crippen LogP contribution in [0.15, 0.2) is 24.8 Å². The van der Waals surface area contributed by atoms with Gasteiger partial charge < -0.3 is 10.5 Å². The molecule has 23 heavy (non-hydrogen) atoms. The summed E-state index contributed by atoms with van der Waals surface area (Å²) in [5, 5.41) is 2.36. The molecule has 1 aromatic rings. The van der Waals surface area contributed by atoms with Gasteiger partial charge in [0.2, 0.25) is 0 Å². The molecule has 0 aliphatic heterocycles. The van der Waals surface area contributed by atoms with Gasteiger partial charge in [0.25, 0.3) is 0 Å². The van der Waals surface area contributed by atoms with Crippen LogP contribution in [0.3, 0.4) is 0 Å². The second-order valence-electron chi connectivity index (χ2n) is 6.03. The van der Waals surface area contributed by atoms with Gasteiger partial charge in [-0.05, 0) is 51.4 Å². The van der Waals surface area contributed by atoms with Crippen LogP contribution >= 0.6 is 0 Å². The molecule has 1 rings (SSSR count). The highest BCUT2D eigenvalue weighted by Crippen LogP contribution is 2.34. The van der Waals surface area contributed by atoms with E-state index in [1.54, 1.807) is 20.8 Å². The van der Waals surface area contributed by atoms with Gasteiger partial charge in [-0.2, -0.15) is 13.2 Å². The summed E-state index contributed by atoms with van der Waals surface area (Å²) in [6, 6.07) is 3.08. The van der Waals surface area contributed by atoms with E-state index in [1.807, 2.05) is 0 Å². The van der Waals surface area contributed by atoms with E-state index < -0.39 is 23.4 Å². The molecule has 0 atom stereocenters. The number of hydrogen-bond acceptors (Lipinski definition) is 3. The first-order valence-electron chi connectivity index (χ1n) is 7.03. The van der Waals surface area contributed by atoms with Crippen molar-refractivity contribution >= 4 is 17.4 Å². The van der Waals surface area contributed by atoms with E-state index in [0.717, 1.165) is 12.1 Å². The van der Waals surface area contributed by atoms with Crippen LogP contribution in [0.5, 0.6) is 0 Å². The SMILES string of the molecule is C=C(CCN)c1ccc(C(F)(F)F)cc1NC(=O)OC(C)(C)C. The Bertz CT molecular complexity index is 590. The average Bonchev–Trinajstić information content (AvgIpc) is 2.35. The Morgan fingerprint density at radius 3 is 2.39 bits per heavy atom. The van der Waals surface area contributed by atoms with E-state index in [-0.39, 0.29) is 5.69 Å². The maximum absolute atomic E-state index is 12.9. The number of ether oxygens (including phenoxy) is 1. The number of rotatable bonds is 4. The summed E-state index contributed by atoms with van der Waals surface area (Å²) in [6.45, 7) is 9.07. The lowest BCUT2D eigenvalue weighted by atomic mass is 10.00. The quantitative estimate of drug-likeness (QED) is 0.859. The highest BCUT2D eigenvalue weighted by atomic mass is 19.4. The van der Waals surface area contributed by atoms with E-state index >= 15 is 0 Å². The molecule has 0 aromatic heterocycles. The molecule has 1 amide bonds. The smallest absolute Gasteiger partial charge is 0.416 e. The van der Waals surface area contributed by atoms with E-state index in [1.165, 1.54) is 6.07 Å². The Hall–Kier alpha value is -2.02. The second kappa shape index (κ2) is 7.04. The summed E-state index contributed by atoms with van der Waals surface area (Å²) in [5.74, 6) is 0. The van der Waals surface area contributed by atoms with Crippen LogP contribution in [-0.4, -0.2) is 18.2 Å². The lowest BCUT2D eigenvalue weighted by Crippen LogP contribution is -2.27. The van der Waals surface area contributed by atoms with E-state index in [9.17, 15) is 18.0 Å². The van der Waals surface area contributed by atoms with Crippen LogP contribution in [0, 0.1) is 0 Å². The van der Waals surface area contributed by atoms with Gasteiger partial charge in [-0.3, -0.25) is 5.32 Å². The lowest BCUT2D eigenvalue weighted by Gasteiger charge is -2.21. The normalized spacial score (nSPS) is 12.0. The first-order valence-corrected chi connectivity index (χ1v) is 7.03. The molecule has 0 bridgehead atoms. The largest absolute Gasteiger partial charge is 0.444 e. The average molecular weight is 330 g/mol. The van der Waals surface area contributed by atoms with Gasteiger partial charge in [-0.25, -0.2) is 4.79 Å². The molecular weight excluding hydrogens is 309 g/mol. The number of carbonyl (C=O) groups excluding carboxylic acids is 1. The van der Waals surface area contributed by atoms with Crippen molar-refractivity contribution < 1.29 is 22.7 Å². The molecule has 3 N–H and O–H groups in total. The van der Waals surface area contributed by atoms with Crippen molar-refractivity contribution in [3.05, 3.63) is 35.9 Å². The highest BCUT2D eigenvalue weighted by Gasteiger charge is 2.31. The summed E-state index contributed by atoms with van der Waals surface area (Å²) < 4.78 is 43.7. The lowest BCUT2D eigenvalue weighted by molar-refractivity contribution is -0.137. The molecule has 0 fully saturated rings. The van der Waals surface area contributed by atoms with Crippen molar-refractivity contribution in [2.45, 2.75) is 39.0 Å². The molecule has 1 aromatic carbocycles. The first-order chi connectivity index (χ1) is 10.4. The third-order valence-electron chi connectivity index (χ3n) is 2.81. The number of hydrogen-bond donors (Lipinski definition) is 2. The highest BCUT2D eigenvalue weighted by molar-refractivity contribution is 5.90. The molecule has 0 saturated heterocycles. The van der Waals surface area contributed by atoms with Crippen LogP contribution in [0.2, 0.25) is 0 Å². The van der Waals surface area contributed by atoms with Crippen molar-refractivity contribution in [1.29, 1.82) is 0 Å². The third kappa shape index (κ3) is 5.94. The Morgan fingerprint density at radius 1 is 1.30 bits per heavy atom. The van der Waals surface area contributed by atoms with Crippen molar-refractivity contribution in [2.24, 2.45) is 5.73 Å². The van der Waals surface area contributed by atoms with Crippen molar-refractivity contribution in [1.82, 2.24) is 0 Å². The summed E-state index contributed by atoms with van der Waals surface area (Å²) >= 11 is 0. The molecule has 0 unspecified atom stereocenters. The molecule has 7 heteroatoms. The minimum atomic E-state index is -4.52. The minimum Gasteiger partial charge on any atom is -0.444 e. The molecule has 0 radical (unpaired) electrons. The predicted molar refractivity (Wildman–Crippen MR) is 84.0 cm³/mol. The van der Waals surface area contributed by atoms with Gasteiger partial charge in [0.1, 0.15) is 5.60 Å². The fourth-order valence-electron chi connectivity index (χ4n) is 1.85. The van der Waals surface area contributed by atoms with Gasteiger partial charge in [0.15, 0.2) is 0 Å². The number of anilines is 1. The van der Waals surface area contributed by atoms with Gasteiger partial charge in [0.05, 0.1) is 11.3 Å². The maximum Gasteiger partial charge on any atom is 0.416 e. The number of carbonyl (C=O) groups is 1. The zero-order valence-corrected chi connectivity index (χ0v) is 13.4. The topological polar surface area (TPSA) is 64.3 Å². The van der Waals surface area contributed by atoms with Crippen molar-refractivity contribution in [3.63, 3.8) is 0 Å². The zero-order chi connectivity index (χ0) is 17.8. The molecular formula is C16H21F3N2O2. The van der Waals surface area contributed by atoms with Crippen LogP contribution in [0.4, 0.5) is 23.7 Å². The third-order valence-corrected chi connectivity index (χ3v) is 2.81. The number of amides is 1. The van der Waals surface area contributed by atoms with Gasteiger partial charge in [0, 0.05) is 5.56 Å². The first kappa shape index (κ1) is 19.0. The summed E-state index contributed by atoms with van der Waals surface area (Å²) in [7, 11) is 0. The zero-order valence-electron chi connectivity index (χ0n) is 13.4. The molecule has 0 aliphatic rings. The molecule has 0 heterocycles. The van der Waals surface area contributed by atoms with Crippen molar-refractivity contribution in [2.75, 3.05) is 11.9 Å². The Balaban J connectivity index is 3.18. The van der Waals surface area contributed by atoms with E-state index in [0.29, 0.717) is 24.1 Å². The molecule has 4 nitrogen and oxygen atoms in total. The number of alkyl halides is 3. The standard InChI is InChI=1S/C16H21F3N2O2/c1-10(7-8-20)12-6-5-11(16(17,18)19)9-13(12)21-14(22)23-15(2,3)4/h5-6,9H,1,7-8,20H2,2-4H3,(H,21,22). The van der Waals surface area contributed by atoms with Gasteiger partial charge >= 0.3 is 12.3 Å². The van der Waals surface area contributed by atoms with Crippen LogP contribution in [-0.2, 0) is 10.9 Å². The summed E-state index contributed by atoms with van der Waals surface area (Å²) in [4.78, 5) is 11.9. The maximum atomic E-state index is 12.9. The molecule has 0 spiro atoms. The molecule has 0 aliphatic carbocycles. The van der Waals surface area contributed by atoms with Crippen LogP contribution < -0.4 is 11.1 Å².